The summed E-state index contributed by atoms with van der Waals surface area (Å²) in [4.78, 5) is 11.7. The molecule has 27 heavy (non-hydrogen) atoms. The number of hydrogen-bond donors (Lipinski definition) is 2. The molecule has 0 saturated heterocycles. The molecule has 0 unspecified atom stereocenters. The summed E-state index contributed by atoms with van der Waals surface area (Å²) in [5.41, 5.74) is 1.18. The minimum Gasteiger partial charge on any atom is -0.872 e. The predicted molar refractivity (Wildman–Crippen MR) is 97.6 cm³/mol. The van der Waals surface area contributed by atoms with Crippen LogP contribution in [0.4, 0.5) is 0 Å². The molecule has 0 aliphatic rings. The van der Waals surface area contributed by atoms with Crippen LogP contribution < -0.4 is 5.11 Å². The summed E-state index contributed by atoms with van der Waals surface area (Å²) in [6, 6.07) is 20.3. The molecule has 0 aliphatic carbocycles. The summed E-state index contributed by atoms with van der Waals surface area (Å²) in [6.45, 7) is 0. The second kappa shape index (κ2) is 7.67. The zero-order valence-electron chi connectivity index (χ0n) is 14.3. The van der Waals surface area contributed by atoms with Crippen LogP contribution in [0, 0.1) is 6.07 Å². The first-order valence-corrected chi connectivity index (χ1v) is 8.12. The Hall–Kier alpha value is -2.43. The van der Waals surface area contributed by atoms with Gasteiger partial charge in [-0.15, -0.1) is 22.9 Å². The Bertz CT molecular complexity index is 1170. The third kappa shape index (κ3) is 3.55. The summed E-state index contributed by atoms with van der Waals surface area (Å²) in [5.74, 6) is -1.66. The normalized spacial score (nSPS) is 10.7. The third-order valence-corrected chi connectivity index (χ3v) is 4.59. The average molecular weight is 431 g/mol. The maximum absolute atomic E-state index is 12.4. The molecule has 0 aliphatic heterocycles. The van der Waals surface area contributed by atoms with Gasteiger partial charge in [-0.3, -0.25) is 0 Å². The summed E-state index contributed by atoms with van der Waals surface area (Å²) in [7, 11) is 0. The summed E-state index contributed by atoms with van der Waals surface area (Å²) in [5, 5.41) is 34.8. The second-order valence-corrected chi connectivity index (χ2v) is 6.17. The Kier molecular flexibility index (Phi) is 5.49. The average Bonchev–Trinajstić information content (AvgIpc) is 2.61. The van der Waals surface area contributed by atoms with Crippen LogP contribution in [0.2, 0.25) is 0 Å². The molecule has 0 amide bonds. The minimum atomic E-state index is -1.22. The van der Waals surface area contributed by atoms with E-state index in [2.05, 4.69) is 6.07 Å². The molecule has 4 rings (SSSR count). The number of fused-ring (bicyclic) bond motifs is 2. The van der Waals surface area contributed by atoms with Gasteiger partial charge in [-0.1, -0.05) is 59.8 Å². The maximum Gasteiger partial charge on any atom is 0.335 e. The first kappa shape index (κ1) is 19.3. The molecular formula is C22H14O4Y-2. The van der Waals surface area contributed by atoms with Gasteiger partial charge >= 0.3 is 5.97 Å². The van der Waals surface area contributed by atoms with Gasteiger partial charge in [-0.2, -0.15) is 6.07 Å². The van der Waals surface area contributed by atoms with Crippen LogP contribution in [-0.4, -0.2) is 16.2 Å². The minimum absolute atomic E-state index is 0. The molecular weight excluding hydrogens is 417 g/mol. The van der Waals surface area contributed by atoms with Crippen molar-refractivity contribution >= 4 is 27.5 Å². The van der Waals surface area contributed by atoms with E-state index in [0.29, 0.717) is 12.0 Å². The summed E-state index contributed by atoms with van der Waals surface area (Å²) in [6.07, 6.45) is 0.300. The van der Waals surface area contributed by atoms with E-state index in [0.717, 1.165) is 27.1 Å². The number of carbonyl (C=O) groups is 1. The number of aromatic hydroxyl groups is 1. The van der Waals surface area contributed by atoms with Crippen molar-refractivity contribution in [3.8, 4) is 11.5 Å². The number of carboxylic acid groups (broad SMARTS) is 1. The fourth-order valence-electron chi connectivity index (χ4n) is 3.43. The number of phenolic OH excluding ortho intramolecular Hbond substituents is 1. The molecule has 4 aromatic carbocycles. The topological polar surface area (TPSA) is 80.6 Å². The quantitative estimate of drug-likeness (QED) is 0.483. The van der Waals surface area contributed by atoms with E-state index < -0.39 is 11.7 Å². The predicted octanol–water partition coefficient (Wildman–Crippen LogP) is 3.86. The Labute approximate surface area is 181 Å². The van der Waals surface area contributed by atoms with Crippen LogP contribution in [-0.2, 0) is 39.1 Å². The van der Waals surface area contributed by atoms with E-state index in [9.17, 15) is 20.1 Å². The monoisotopic (exact) mass is 431 g/mol. The molecule has 0 spiro atoms. The van der Waals surface area contributed by atoms with E-state index in [1.807, 2.05) is 36.4 Å². The van der Waals surface area contributed by atoms with Gasteiger partial charge in [-0.25, -0.2) is 4.79 Å². The fraction of sp³-hybridized carbons (Fsp3) is 0.0455. The number of hydrogen-bond acceptors (Lipinski definition) is 3. The molecule has 0 heterocycles. The third-order valence-electron chi connectivity index (χ3n) is 4.59. The standard InChI is InChI=1S/C22H15O4.Y/c23-16-8-9-17-13(10-16)5-3-6-14(17)11-19-18-7-2-1-4-15(18)12-20(24)21(19)22(25)26;/h1-7,9-10,12,23-24H,11H2,(H,25,26);/q-1;/p-1. The molecule has 0 saturated carbocycles. The van der Waals surface area contributed by atoms with Gasteiger partial charge < -0.3 is 15.3 Å². The Balaban J connectivity index is 0.00000210. The molecule has 4 aromatic rings. The summed E-state index contributed by atoms with van der Waals surface area (Å²) < 4.78 is 0. The molecule has 0 aromatic heterocycles. The number of aromatic carboxylic acids is 1. The first-order valence-electron chi connectivity index (χ1n) is 8.12. The van der Waals surface area contributed by atoms with E-state index in [1.54, 1.807) is 18.2 Å². The number of phenols is 1. The number of benzene rings is 4. The van der Waals surface area contributed by atoms with Gasteiger partial charge in [0.15, 0.2) is 0 Å². The zero-order chi connectivity index (χ0) is 18.3. The van der Waals surface area contributed by atoms with Crippen LogP contribution >= 0.6 is 0 Å². The fourth-order valence-corrected chi connectivity index (χ4v) is 3.43. The van der Waals surface area contributed by atoms with Crippen molar-refractivity contribution in [2.24, 2.45) is 0 Å². The smallest absolute Gasteiger partial charge is 0.335 e. The molecule has 0 fully saturated rings. The van der Waals surface area contributed by atoms with Gasteiger partial charge in [0.1, 0.15) is 0 Å². The van der Waals surface area contributed by atoms with Crippen LogP contribution in [0.1, 0.15) is 21.5 Å². The Morgan fingerprint density at radius 1 is 1.00 bits per heavy atom. The molecule has 4 nitrogen and oxygen atoms in total. The molecule has 0 atom stereocenters. The van der Waals surface area contributed by atoms with Crippen LogP contribution in [0.25, 0.3) is 21.5 Å². The molecule has 5 heteroatoms. The maximum atomic E-state index is 12.4. The largest absolute Gasteiger partial charge is 0.872 e. The first-order chi connectivity index (χ1) is 12.5. The van der Waals surface area contributed by atoms with Crippen molar-refractivity contribution in [1.29, 1.82) is 0 Å². The van der Waals surface area contributed by atoms with Gasteiger partial charge in [0, 0.05) is 38.5 Å². The molecule has 1 radical (unpaired) electrons. The Morgan fingerprint density at radius 2 is 1.70 bits per heavy atom. The van der Waals surface area contributed by atoms with Crippen LogP contribution in [0.5, 0.6) is 11.5 Å². The van der Waals surface area contributed by atoms with Gasteiger partial charge in [0.05, 0.1) is 5.56 Å². The summed E-state index contributed by atoms with van der Waals surface area (Å²) >= 11 is 0. The number of carboxylic acids is 1. The number of rotatable bonds is 3. The van der Waals surface area contributed by atoms with Crippen LogP contribution in [0.3, 0.4) is 0 Å². The van der Waals surface area contributed by atoms with Crippen molar-refractivity contribution in [2.75, 3.05) is 0 Å². The van der Waals surface area contributed by atoms with Crippen molar-refractivity contribution in [3.05, 3.63) is 83.4 Å². The van der Waals surface area contributed by atoms with E-state index >= 15 is 0 Å². The van der Waals surface area contributed by atoms with Crippen LogP contribution in [0.15, 0.2) is 60.7 Å². The van der Waals surface area contributed by atoms with Gasteiger partial charge in [-0.05, 0) is 22.8 Å². The van der Waals surface area contributed by atoms with Crippen molar-refractivity contribution in [3.63, 3.8) is 0 Å². The Morgan fingerprint density at radius 3 is 2.48 bits per heavy atom. The van der Waals surface area contributed by atoms with E-state index in [4.69, 9.17) is 0 Å². The SMILES string of the molecule is O=C(O)c1c([O-])cc2ccccc2c1Cc1cccc2cc(O)[c-]cc12.[Y]. The van der Waals surface area contributed by atoms with Crippen molar-refractivity contribution in [1.82, 2.24) is 0 Å². The molecule has 2 N–H and O–H groups in total. The van der Waals surface area contributed by atoms with Crippen molar-refractivity contribution < 1.29 is 52.8 Å². The van der Waals surface area contributed by atoms with E-state index in [1.165, 1.54) is 6.07 Å². The zero-order valence-corrected chi connectivity index (χ0v) is 17.1. The van der Waals surface area contributed by atoms with Crippen molar-refractivity contribution in [2.45, 2.75) is 6.42 Å². The van der Waals surface area contributed by atoms with E-state index in [-0.39, 0.29) is 44.0 Å². The van der Waals surface area contributed by atoms with Gasteiger partial charge in [0.25, 0.3) is 0 Å². The second-order valence-electron chi connectivity index (χ2n) is 6.17. The molecule has 131 valence electrons. The molecule has 0 bridgehead atoms. The van der Waals surface area contributed by atoms with Gasteiger partial charge in [0.2, 0.25) is 0 Å².